The number of hydrogen-bond donors (Lipinski definition) is 0. The van der Waals surface area contributed by atoms with E-state index >= 15 is 0 Å². The third-order valence-electron chi connectivity index (χ3n) is 2.29. The molecule has 2 aromatic rings. The molecular weight excluding hydrogens is 300 g/mol. The van der Waals surface area contributed by atoms with E-state index in [1.165, 1.54) is 11.3 Å². The molecule has 1 aromatic carbocycles. The van der Waals surface area contributed by atoms with Gasteiger partial charge in [0, 0.05) is 28.2 Å². The predicted molar refractivity (Wildman–Crippen MR) is 72.0 cm³/mol. The Kier molecular flexibility index (Phi) is 3.91. The maximum absolute atomic E-state index is 11.9. The number of carbonyl (C=O) groups excluding carboxylic acids is 1. The number of benzene rings is 1. The highest BCUT2D eigenvalue weighted by atomic mass is 79.9. The van der Waals surface area contributed by atoms with Gasteiger partial charge in [-0.05, 0) is 31.2 Å². The summed E-state index contributed by atoms with van der Waals surface area (Å²) < 4.78 is 2.90. The smallest absolute Gasteiger partial charge is 0.279 e. The Balaban J connectivity index is 2.33. The number of thiazole rings is 1. The van der Waals surface area contributed by atoms with Crippen molar-refractivity contribution in [2.24, 2.45) is 4.99 Å². The fourth-order valence-corrected chi connectivity index (χ4v) is 2.43. The lowest BCUT2D eigenvalue weighted by Gasteiger charge is -1.97. The zero-order chi connectivity index (χ0) is 12.3. The first kappa shape index (κ1) is 12.3. The second-order valence-electron chi connectivity index (χ2n) is 3.40. The minimum Gasteiger partial charge on any atom is -0.324 e. The summed E-state index contributed by atoms with van der Waals surface area (Å²) in [4.78, 5) is 16.8. The number of hydrogen-bond acceptors (Lipinski definition) is 2. The number of nitrogens with zero attached hydrogens (tertiary/aromatic N) is 2. The standard InChI is InChI=1S/C12H11BrN2OS/c1-2-15-7-8-17-12(15)14-11(16)9-3-5-10(13)6-4-9/h3-8H,2H2,1H3. The zero-order valence-electron chi connectivity index (χ0n) is 9.26. The molecule has 1 heterocycles. The van der Waals surface area contributed by atoms with Gasteiger partial charge in [0.05, 0.1) is 0 Å². The maximum Gasteiger partial charge on any atom is 0.279 e. The summed E-state index contributed by atoms with van der Waals surface area (Å²) in [5, 5.41) is 1.93. The van der Waals surface area contributed by atoms with Crippen molar-refractivity contribution in [3.63, 3.8) is 0 Å². The van der Waals surface area contributed by atoms with Crippen LogP contribution in [0.1, 0.15) is 17.3 Å². The van der Waals surface area contributed by atoms with Crippen molar-refractivity contribution in [2.75, 3.05) is 0 Å². The quantitative estimate of drug-likeness (QED) is 0.839. The van der Waals surface area contributed by atoms with Crippen LogP contribution in [0.2, 0.25) is 0 Å². The highest BCUT2D eigenvalue weighted by Gasteiger charge is 2.04. The molecule has 3 nitrogen and oxygen atoms in total. The van der Waals surface area contributed by atoms with Gasteiger partial charge in [-0.2, -0.15) is 4.99 Å². The van der Waals surface area contributed by atoms with Gasteiger partial charge in [0.2, 0.25) is 0 Å². The summed E-state index contributed by atoms with van der Waals surface area (Å²) in [5.41, 5.74) is 0.601. The molecule has 1 amide bonds. The monoisotopic (exact) mass is 310 g/mol. The van der Waals surface area contributed by atoms with E-state index in [9.17, 15) is 4.79 Å². The van der Waals surface area contributed by atoms with Crippen LogP contribution in [-0.2, 0) is 6.54 Å². The van der Waals surface area contributed by atoms with Crippen LogP contribution >= 0.6 is 27.3 Å². The topological polar surface area (TPSA) is 34.4 Å². The molecule has 0 atom stereocenters. The molecule has 0 spiro atoms. The second kappa shape index (κ2) is 5.42. The van der Waals surface area contributed by atoms with Gasteiger partial charge in [-0.3, -0.25) is 4.79 Å². The summed E-state index contributed by atoms with van der Waals surface area (Å²) in [7, 11) is 0. The average molecular weight is 311 g/mol. The van der Waals surface area contributed by atoms with Gasteiger partial charge >= 0.3 is 0 Å². The van der Waals surface area contributed by atoms with Crippen LogP contribution in [-0.4, -0.2) is 10.5 Å². The van der Waals surface area contributed by atoms with Crippen LogP contribution in [0.5, 0.6) is 0 Å². The Labute approximate surface area is 112 Å². The number of carbonyl (C=O) groups is 1. The van der Waals surface area contributed by atoms with Crippen molar-refractivity contribution >= 4 is 33.2 Å². The van der Waals surface area contributed by atoms with Gasteiger partial charge in [0.1, 0.15) is 0 Å². The first-order valence-electron chi connectivity index (χ1n) is 5.19. The SMILES string of the molecule is CCn1ccsc1=NC(=O)c1ccc(Br)cc1. The first-order chi connectivity index (χ1) is 8.20. The summed E-state index contributed by atoms with van der Waals surface area (Å²) in [6.07, 6.45) is 1.93. The molecule has 88 valence electrons. The molecule has 0 unspecified atom stereocenters. The van der Waals surface area contributed by atoms with E-state index in [4.69, 9.17) is 0 Å². The van der Waals surface area contributed by atoms with Crippen LogP contribution in [0.15, 0.2) is 45.3 Å². The number of amides is 1. The van der Waals surface area contributed by atoms with Crippen LogP contribution in [0.3, 0.4) is 0 Å². The molecule has 0 N–H and O–H groups in total. The lowest BCUT2D eigenvalue weighted by atomic mass is 10.2. The third-order valence-corrected chi connectivity index (χ3v) is 3.61. The minimum absolute atomic E-state index is 0.206. The first-order valence-corrected chi connectivity index (χ1v) is 6.86. The average Bonchev–Trinajstić information content (AvgIpc) is 2.77. The molecule has 1 aromatic heterocycles. The molecule has 0 aliphatic carbocycles. The van der Waals surface area contributed by atoms with Crippen LogP contribution in [0.25, 0.3) is 0 Å². The van der Waals surface area contributed by atoms with Gasteiger partial charge in [-0.15, -0.1) is 11.3 Å². The normalized spacial score (nSPS) is 11.8. The molecule has 2 rings (SSSR count). The molecule has 0 saturated heterocycles. The minimum atomic E-state index is -0.206. The van der Waals surface area contributed by atoms with Crippen molar-refractivity contribution in [1.29, 1.82) is 0 Å². The van der Waals surface area contributed by atoms with E-state index in [0.717, 1.165) is 15.8 Å². The molecule has 17 heavy (non-hydrogen) atoms. The summed E-state index contributed by atoms with van der Waals surface area (Å²) in [6.45, 7) is 2.84. The van der Waals surface area contributed by atoms with Crippen LogP contribution < -0.4 is 4.80 Å². The molecule has 0 radical (unpaired) electrons. The Morgan fingerprint density at radius 1 is 1.41 bits per heavy atom. The number of halogens is 1. The van der Waals surface area contributed by atoms with Gasteiger partial charge in [-0.25, -0.2) is 0 Å². The number of aromatic nitrogens is 1. The molecule has 0 bridgehead atoms. The summed E-state index contributed by atoms with van der Waals surface area (Å²) in [5.74, 6) is -0.206. The lowest BCUT2D eigenvalue weighted by molar-refractivity contribution is 0.0998. The van der Waals surface area contributed by atoms with Gasteiger partial charge < -0.3 is 4.57 Å². The molecule has 0 aliphatic heterocycles. The molecular formula is C12H11BrN2OS. The molecule has 0 aliphatic rings. The van der Waals surface area contributed by atoms with Gasteiger partial charge in [-0.1, -0.05) is 15.9 Å². The van der Waals surface area contributed by atoms with Crippen molar-refractivity contribution in [3.05, 3.63) is 50.7 Å². The number of rotatable bonds is 2. The van der Waals surface area contributed by atoms with E-state index in [2.05, 4.69) is 20.9 Å². The highest BCUT2D eigenvalue weighted by molar-refractivity contribution is 9.10. The summed E-state index contributed by atoms with van der Waals surface area (Å²) >= 11 is 4.80. The Hall–Kier alpha value is -1.20. The van der Waals surface area contributed by atoms with Crippen molar-refractivity contribution in [1.82, 2.24) is 4.57 Å². The lowest BCUT2D eigenvalue weighted by Crippen LogP contribution is -2.15. The van der Waals surface area contributed by atoms with E-state index in [-0.39, 0.29) is 5.91 Å². The zero-order valence-corrected chi connectivity index (χ0v) is 11.7. The highest BCUT2D eigenvalue weighted by Crippen LogP contribution is 2.11. The Bertz CT molecular complexity index is 583. The van der Waals surface area contributed by atoms with E-state index in [1.54, 1.807) is 12.1 Å². The van der Waals surface area contributed by atoms with Crippen molar-refractivity contribution < 1.29 is 4.79 Å². The largest absolute Gasteiger partial charge is 0.324 e. The van der Waals surface area contributed by atoms with Gasteiger partial charge in [0.15, 0.2) is 4.80 Å². The second-order valence-corrected chi connectivity index (χ2v) is 5.18. The Morgan fingerprint density at radius 3 is 2.76 bits per heavy atom. The van der Waals surface area contributed by atoms with E-state index < -0.39 is 0 Å². The molecule has 5 heteroatoms. The van der Waals surface area contributed by atoms with Gasteiger partial charge in [0.25, 0.3) is 5.91 Å². The summed E-state index contributed by atoms with van der Waals surface area (Å²) in [6, 6.07) is 7.20. The fourth-order valence-electron chi connectivity index (χ4n) is 1.37. The molecule has 0 saturated carbocycles. The molecule has 0 fully saturated rings. The van der Waals surface area contributed by atoms with Crippen molar-refractivity contribution in [3.8, 4) is 0 Å². The Morgan fingerprint density at radius 2 is 2.12 bits per heavy atom. The van der Waals surface area contributed by atoms with E-state index in [1.807, 2.05) is 35.2 Å². The maximum atomic E-state index is 11.9. The third kappa shape index (κ3) is 2.92. The number of aryl methyl sites for hydroxylation is 1. The predicted octanol–water partition coefficient (Wildman–Crippen LogP) is 3.07. The van der Waals surface area contributed by atoms with E-state index in [0.29, 0.717) is 5.56 Å². The fraction of sp³-hybridized carbons (Fsp3) is 0.167. The van der Waals surface area contributed by atoms with Crippen molar-refractivity contribution in [2.45, 2.75) is 13.5 Å². The van der Waals surface area contributed by atoms with Crippen LogP contribution in [0.4, 0.5) is 0 Å². The van der Waals surface area contributed by atoms with Crippen LogP contribution in [0, 0.1) is 0 Å².